The smallest absolute Gasteiger partial charge is 0.323 e. The molecule has 4 nitrogen and oxygen atoms in total. The first kappa shape index (κ1) is 10.0. The summed E-state index contributed by atoms with van der Waals surface area (Å²) in [5.41, 5.74) is -1.37. The van der Waals surface area contributed by atoms with Crippen molar-refractivity contribution in [2.24, 2.45) is 11.3 Å². The van der Waals surface area contributed by atoms with E-state index < -0.39 is 23.0 Å². The molecule has 1 heterocycles. The van der Waals surface area contributed by atoms with E-state index in [4.69, 9.17) is 9.47 Å². The van der Waals surface area contributed by atoms with Gasteiger partial charge in [-0.15, -0.1) is 0 Å². The number of hydrogen-bond acceptors (Lipinski definition) is 4. The summed E-state index contributed by atoms with van der Waals surface area (Å²) in [5.74, 6) is -0.425. The number of methoxy groups -OCH3 is 1. The molecule has 0 aromatic carbocycles. The number of rotatable bonds is 1. The Bertz CT molecular complexity index is 400. The van der Waals surface area contributed by atoms with E-state index in [1.54, 1.807) is 7.11 Å². The van der Waals surface area contributed by atoms with Crippen molar-refractivity contribution in [3.05, 3.63) is 12.2 Å². The number of fused-ring (bicyclic) bond motifs is 1. The highest BCUT2D eigenvalue weighted by Crippen LogP contribution is 2.57. The van der Waals surface area contributed by atoms with Crippen LogP contribution in [0.2, 0.25) is 0 Å². The van der Waals surface area contributed by atoms with Crippen LogP contribution in [0.25, 0.3) is 0 Å². The summed E-state index contributed by atoms with van der Waals surface area (Å²) in [4.78, 5) is 23.3. The molecule has 1 spiro atoms. The fourth-order valence-corrected chi connectivity index (χ4v) is 3.46. The second kappa shape index (κ2) is 2.94. The zero-order valence-electron chi connectivity index (χ0n) is 9.19. The molecule has 0 unspecified atom stereocenters. The number of ether oxygens (including phenoxy) is 2. The molecule has 4 rings (SSSR count). The van der Waals surface area contributed by atoms with Gasteiger partial charge in [0.2, 0.25) is 0 Å². The van der Waals surface area contributed by atoms with Crippen molar-refractivity contribution < 1.29 is 19.1 Å². The first-order valence-corrected chi connectivity index (χ1v) is 5.61. The summed E-state index contributed by atoms with van der Waals surface area (Å²) < 4.78 is 10.3. The van der Waals surface area contributed by atoms with Gasteiger partial charge in [-0.05, 0) is 25.2 Å². The standard InChI is InChI=1S/C12H14O4/c1-15-12-4-2-8(3-5-12)6-11(12)7-9(13)16-10(11)14/h2,4,8H,3,5-7H2,1H3/t8-,11+,12-/m0/s1. The topological polar surface area (TPSA) is 52.6 Å². The first-order chi connectivity index (χ1) is 7.62. The van der Waals surface area contributed by atoms with Crippen molar-refractivity contribution in [1.82, 2.24) is 0 Å². The second-order valence-corrected chi connectivity index (χ2v) is 4.98. The fraction of sp³-hybridized carbons (Fsp3) is 0.667. The highest BCUT2D eigenvalue weighted by molar-refractivity contribution is 5.99. The average Bonchev–Trinajstić information content (AvgIpc) is 2.56. The van der Waals surface area contributed by atoms with Crippen molar-refractivity contribution in [2.45, 2.75) is 31.3 Å². The van der Waals surface area contributed by atoms with E-state index in [2.05, 4.69) is 6.08 Å². The molecule has 0 aromatic rings. The maximum absolute atomic E-state index is 12.0. The van der Waals surface area contributed by atoms with Gasteiger partial charge < -0.3 is 9.47 Å². The number of carbonyl (C=O) groups is 2. The van der Waals surface area contributed by atoms with Gasteiger partial charge in [-0.2, -0.15) is 0 Å². The molecule has 1 aliphatic heterocycles. The van der Waals surface area contributed by atoms with Gasteiger partial charge in [0.25, 0.3) is 0 Å². The zero-order valence-corrected chi connectivity index (χ0v) is 9.19. The molecule has 0 amide bonds. The Morgan fingerprint density at radius 2 is 2.31 bits per heavy atom. The average molecular weight is 222 g/mol. The van der Waals surface area contributed by atoms with Crippen LogP contribution in [0.15, 0.2) is 12.2 Å². The van der Waals surface area contributed by atoms with Gasteiger partial charge in [0.15, 0.2) is 0 Å². The third-order valence-corrected chi connectivity index (χ3v) is 4.35. The van der Waals surface area contributed by atoms with Crippen LogP contribution >= 0.6 is 0 Å². The molecule has 1 saturated heterocycles. The third kappa shape index (κ3) is 0.981. The third-order valence-electron chi connectivity index (χ3n) is 4.35. The Balaban J connectivity index is 2.11. The Kier molecular flexibility index (Phi) is 1.84. The van der Waals surface area contributed by atoms with Gasteiger partial charge in [-0.1, -0.05) is 12.2 Å². The summed E-state index contributed by atoms with van der Waals surface area (Å²) in [6.45, 7) is 0. The van der Waals surface area contributed by atoms with Gasteiger partial charge in [0, 0.05) is 7.11 Å². The molecule has 0 N–H and O–H groups in total. The molecule has 3 atom stereocenters. The van der Waals surface area contributed by atoms with Gasteiger partial charge >= 0.3 is 11.9 Å². The largest absolute Gasteiger partial charge is 0.393 e. The molecular formula is C12H14O4. The van der Waals surface area contributed by atoms with Crippen LogP contribution in [-0.4, -0.2) is 24.6 Å². The minimum atomic E-state index is -0.753. The highest BCUT2D eigenvalue weighted by Gasteiger charge is 2.65. The number of carbonyl (C=O) groups excluding carboxylic acids is 2. The SMILES string of the molecule is CO[C@@]12C=C[C@@H](CC1)C[C@]21CC(=O)OC1=O. The number of hydrogen-bond donors (Lipinski definition) is 0. The Morgan fingerprint density at radius 3 is 2.81 bits per heavy atom. The van der Waals surface area contributed by atoms with Crippen LogP contribution in [-0.2, 0) is 19.1 Å². The summed E-state index contributed by atoms with van der Waals surface area (Å²) in [5, 5.41) is 0. The summed E-state index contributed by atoms with van der Waals surface area (Å²) in [7, 11) is 1.60. The molecule has 3 aliphatic carbocycles. The minimum absolute atomic E-state index is 0.167. The van der Waals surface area contributed by atoms with Gasteiger partial charge in [0.05, 0.1) is 6.42 Å². The van der Waals surface area contributed by atoms with Crippen LogP contribution in [0.4, 0.5) is 0 Å². The van der Waals surface area contributed by atoms with Gasteiger partial charge in [-0.3, -0.25) is 9.59 Å². The monoisotopic (exact) mass is 222 g/mol. The minimum Gasteiger partial charge on any atom is -0.393 e. The maximum Gasteiger partial charge on any atom is 0.323 e. The zero-order chi connectivity index (χ0) is 11.4. The Hall–Kier alpha value is -1.16. The summed E-state index contributed by atoms with van der Waals surface area (Å²) in [6.07, 6.45) is 6.74. The second-order valence-electron chi connectivity index (χ2n) is 4.98. The van der Waals surface area contributed by atoms with E-state index in [9.17, 15) is 9.59 Å². The van der Waals surface area contributed by atoms with E-state index in [0.717, 1.165) is 12.8 Å². The van der Waals surface area contributed by atoms with Crippen molar-refractivity contribution in [1.29, 1.82) is 0 Å². The number of esters is 2. The van der Waals surface area contributed by atoms with Crippen LogP contribution in [0, 0.1) is 11.3 Å². The molecule has 86 valence electrons. The van der Waals surface area contributed by atoms with Crippen molar-refractivity contribution >= 4 is 11.9 Å². The van der Waals surface area contributed by atoms with E-state index >= 15 is 0 Å². The Labute approximate surface area is 93.6 Å². The summed E-state index contributed by atoms with van der Waals surface area (Å²) >= 11 is 0. The molecular weight excluding hydrogens is 208 g/mol. The number of allylic oxidation sites excluding steroid dienone is 1. The van der Waals surface area contributed by atoms with Crippen LogP contribution in [0.1, 0.15) is 25.7 Å². The lowest BCUT2D eigenvalue weighted by Gasteiger charge is -2.51. The molecule has 2 fully saturated rings. The highest BCUT2D eigenvalue weighted by atomic mass is 16.6. The molecule has 2 bridgehead atoms. The Morgan fingerprint density at radius 1 is 1.50 bits per heavy atom. The van der Waals surface area contributed by atoms with Crippen molar-refractivity contribution in [2.75, 3.05) is 7.11 Å². The molecule has 4 heteroatoms. The van der Waals surface area contributed by atoms with E-state index in [1.807, 2.05) is 6.08 Å². The lowest BCUT2D eigenvalue weighted by Crippen LogP contribution is -2.57. The predicted octanol–water partition coefficient (Wildman–Crippen LogP) is 1.20. The normalized spacial score (nSPS) is 45.4. The molecule has 16 heavy (non-hydrogen) atoms. The lowest BCUT2D eigenvalue weighted by molar-refractivity contribution is -0.171. The summed E-state index contributed by atoms with van der Waals surface area (Å²) in [6, 6.07) is 0. The van der Waals surface area contributed by atoms with Gasteiger partial charge in [0.1, 0.15) is 11.0 Å². The lowest BCUT2D eigenvalue weighted by atomic mass is 9.55. The first-order valence-electron chi connectivity index (χ1n) is 5.61. The number of cyclic esters (lactones) is 2. The van der Waals surface area contributed by atoms with Crippen LogP contribution in [0.3, 0.4) is 0 Å². The fourth-order valence-electron chi connectivity index (χ4n) is 3.46. The molecule has 0 aromatic heterocycles. The molecule has 4 aliphatic rings. The van der Waals surface area contributed by atoms with Crippen LogP contribution < -0.4 is 0 Å². The van der Waals surface area contributed by atoms with Crippen molar-refractivity contribution in [3.8, 4) is 0 Å². The van der Waals surface area contributed by atoms with E-state index in [0.29, 0.717) is 12.3 Å². The van der Waals surface area contributed by atoms with Crippen LogP contribution in [0.5, 0.6) is 0 Å². The van der Waals surface area contributed by atoms with E-state index in [-0.39, 0.29) is 6.42 Å². The maximum atomic E-state index is 12.0. The van der Waals surface area contributed by atoms with Crippen molar-refractivity contribution in [3.63, 3.8) is 0 Å². The molecule has 0 radical (unpaired) electrons. The molecule has 1 saturated carbocycles. The quantitative estimate of drug-likeness (QED) is 0.380. The predicted molar refractivity (Wildman–Crippen MR) is 54.4 cm³/mol. The van der Waals surface area contributed by atoms with Gasteiger partial charge in [-0.25, -0.2) is 0 Å². The van der Waals surface area contributed by atoms with E-state index in [1.165, 1.54) is 0 Å².